The van der Waals surface area contributed by atoms with Gasteiger partial charge in [-0.2, -0.15) is 5.10 Å². The van der Waals surface area contributed by atoms with Crippen LogP contribution < -0.4 is 5.43 Å². The molecule has 0 bridgehead atoms. The summed E-state index contributed by atoms with van der Waals surface area (Å²) in [4.78, 5) is 0. The zero-order valence-corrected chi connectivity index (χ0v) is 15.2. The van der Waals surface area contributed by atoms with Gasteiger partial charge in [-0.15, -0.1) is 0 Å². The number of hydrogen-bond acceptors (Lipinski definition) is 2. The van der Waals surface area contributed by atoms with Crippen LogP contribution in [0, 0.1) is 0 Å². The van der Waals surface area contributed by atoms with E-state index in [4.69, 9.17) is 0 Å². The first-order valence-corrected chi connectivity index (χ1v) is 8.95. The van der Waals surface area contributed by atoms with Gasteiger partial charge in [0, 0.05) is 5.56 Å². The molecule has 0 heterocycles. The van der Waals surface area contributed by atoms with Crippen molar-refractivity contribution in [1.82, 2.24) is 0 Å². The highest BCUT2D eigenvalue weighted by Crippen LogP contribution is 2.33. The molecule has 2 heteroatoms. The summed E-state index contributed by atoms with van der Waals surface area (Å²) in [5.41, 5.74) is 10.7. The molecule has 3 aromatic rings. The lowest BCUT2D eigenvalue weighted by Gasteiger charge is -2.08. The van der Waals surface area contributed by atoms with Crippen molar-refractivity contribution in [2.45, 2.75) is 20.3 Å². The van der Waals surface area contributed by atoms with Crippen LogP contribution in [0.1, 0.15) is 31.4 Å². The molecular weight excluding hydrogens is 316 g/mol. The second-order valence-electron chi connectivity index (χ2n) is 6.83. The van der Waals surface area contributed by atoms with Crippen LogP contribution in [0.3, 0.4) is 0 Å². The Hall–Kier alpha value is -3.13. The van der Waals surface area contributed by atoms with Gasteiger partial charge in [0.15, 0.2) is 0 Å². The van der Waals surface area contributed by atoms with Crippen LogP contribution in [0.25, 0.3) is 16.3 Å². The Morgan fingerprint density at radius 3 is 2.46 bits per heavy atom. The highest BCUT2D eigenvalue weighted by Gasteiger charge is 2.13. The maximum Gasteiger partial charge on any atom is 0.0568 e. The average molecular weight is 338 g/mol. The Bertz CT molecular complexity index is 1050. The van der Waals surface area contributed by atoms with Crippen LogP contribution in [0.4, 0.5) is 5.69 Å². The Kier molecular flexibility index (Phi) is 4.40. The number of anilines is 1. The van der Waals surface area contributed by atoms with Crippen molar-refractivity contribution in [1.29, 1.82) is 0 Å². The van der Waals surface area contributed by atoms with Gasteiger partial charge < -0.3 is 0 Å². The zero-order valence-electron chi connectivity index (χ0n) is 15.2. The van der Waals surface area contributed by atoms with Crippen LogP contribution in [0.15, 0.2) is 89.1 Å². The SMILES string of the molecule is CC1=C(C)CC(c2ccccc2C=NNc2ccc3ccccc3c2)=C1. The molecule has 0 fully saturated rings. The van der Waals surface area contributed by atoms with Crippen LogP contribution >= 0.6 is 0 Å². The fourth-order valence-corrected chi connectivity index (χ4v) is 3.37. The van der Waals surface area contributed by atoms with Gasteiger partial charge in [0.05, 0.1) is 11.9 Å². The maximum atomic E-state index is 4.47. The highest BCUT2D eigenvalue weighted by atomic mass is 15.3. The van der Waals surface area contributed by atoms with E-state index < -0.39 is 0 Å². The third-order valence-electron chi connectivity index (χ3n) is 4.97. The van der Waals surface area contributed by atoms with E-state index in [0.29, 0.717) is 0 Å². The van der Waals surface area contributed by atoms with Gasteiger partial charge in [0.2, 0.25) is 0 Å². The van der Waals surface area contributed by atoms with Crippen molar-refractivity contribution >= 4 is 28.2 Å². The van der Waals surface area contributed by atoms with Gasteiger partial charge in [0.25, 0.3) is 0 Å². The van der Waals surface area contributed by atoms with Gasteiger partial charge in [-0.3, -0.25) is 5.43 Å². The average Bonchev–Trinajstić information content (AvgIpc) is 3.00. The quantitative estimate of drug-likeness (QED) is 0.431. The van der Waals surface area contributed by atoms with Crippen molar-refractivity contribution in [3.05, 3.63) is 95.1 Å². The first-order chi connectivity index (χ1) is 12.7. The second kappa shape index (κ2) is 7.01. The number of allylic oxidation sites excluding steroid dienone is 4. The minimum atomic E-state index is 0.992. The van der Waals surface area contributed by atoms with Crippen molar-refractivity contribution in [3.63, 3.8) is 0 Å². The van der Waals surface area contributed by atoms with Crippen LogP contribution in [-0.4, -0.2) is 6.21 Å². The summed E-state index contributed by atoms with van der Waals surface area (Å²) in [5.74, 6) is 0. The van der Waals surface area contributed by atoms with E-state index in [9.17, 15) is 0 Å². The Labute approximate surface area is 154 Å². The molecule has 26 heavy (non-hydrogen) atoms. The molecule has 1 aliphatic carbocycles. The molecule has 1 N–H and O–H groups in total. The number of fused-ring (bicyclic) bond motifs is 1. The summed E-state index contributed by atoms with van der Waals surface area (Å²) in [6, 6.07) is 23.1. The van der Waals surface area contributed by atoms with Gasteiger partial charge in [-0.25, -0.2) is 0 Å². The fourth-order valence-electron chi connectivity index (χ4n) is 3.37. The summed E-state index contributed by atoms with van der Waals surface area (Å²) in [5, 5.41) is 6.92. The zero-order chi connectivity index (χ0) is 17.9. The summed E-state index contributed by atoms with van der Waals surface area (Å²) in [7, 11) is 0. The fraction of sp³-hybridized carbons (Fsp3) is 0.125. The minimum Gasteiger partial charge on any atom is -0.278 e. The number of hydrazone groups is 1. The Morgan fingerprint density at radius 2 is 1.65 bits per heavy atom. The van der Waals surface area contributed by atoms with Crippen LogP contribution in [0.2, 0.25) is 0 Å². The first kappa shape index (κ1) is 16.3. The smallest absolute Gasteiger partial charge is 0.0568 e. The van der Waals surface area contributed by atoms with Crippen LogP contribution in [-0.2, 0) is 0 Å². The van der Waals surface area contributed by atoms with Gasteiger partial charge in [-0.1, -0.05) is 71.8 Å². The minimum absolute atomic E-state index is 0.992. The van der Waals surface area contributed by atoms with E-state index in [1.165, 1.54) is 33.1 Å². The Morgan fingerprint density at radius 1 is 0.885 bits per heavy atom. The van der Waals surface area contributed by atoms with E-state index in [0.717, 1.165) is 17.7 Å². The molecule has 0 saturated heterocycles. The molecule has 2 nitrogen and oxygen atoms in total. The molecule has 3 aromatic carbocycles. The summed E-state index contributed by atoms with van der Waals surface area (Å²) in [6.45, 7) is 4.39. The number of nitrogens with zero attached hydrogens (tertiary/aromatic N) is 1. The van der Waals surface area contributed by atoms with E-state index in [1.807, 2.05) is 6.21 Å². The molecule has 0 spiro atoms. The lowest BCUT2D eigenvalue weighted by molar-refractivity contribution is 1.22. The molecule has 0 amide bonds. The standard InChI is InChI=1S/C24H22N2/c1-17-13-22(14-18(17)2)24-10-6-5-9-21(24)16-25-26-23-12-11-19-7-3-4-8-20(19)15-23/h3-13,15-16,26H,14H2,1-2H3. The largest absolute Gasteiger partial charge is 0.278 e. The lowest BCUT2D eigenvalue weighted by Crippen LogP contribution is -1.95. The van der Waals surface area contributed by atoms with E-state index in [2.05, 4.69) is 97.2 Å². The molecule has 0 radical (unpaired) electrons. The molecule has 0 aliphatic heterocycles. The van der Waals surface area contributed by atoms with E-state index >= 15 is 0 Å². The van der Waals surface area contributed by atoms with E-state index in [-0.39, 0.29) is 0 Å². The number of nitrogens with one attached hydrogen (secondary N) is 1. The van der Waals surface area contributed by atoms with E-state index in [1.54, 1.807) is 0 Å². The molecule has 0 saturated carbocycles. The molecule has 1 aliphatic rings. The van der Waals surface area contributed by atoms with Crippen molar-refractivity contribution in [2.24, 2.45) is 5.10 Å². The number of rotatable bonds is 4. The number of benzene rings is 3. The van der Waals surface area contributed by atoms with Gasteiger partial charge in [-0.05, 0) is 54.3 Å². The van der Waals surface area contributed by atoms with Gasteiger partial charge >= 0.3 is 0 Å². The monoisotopic (exact) mass is 338 g/mol. The predicted molar refractivity (Wildman–Crippen MR) is 113 cm³/mol. The molecule has 128 valence electrons. The number of hydrogen-bond donors (Lipinski definition) is 1. The third-order valence-corrected chi connectivity index (χ3v) is 4.97. The molecular formula is C24H22N2. The van der Waals surface area contributed by atoms with Crippen LogP contribution in [0.5, 0.6) is 0 Å². The van der Waals surface area contributed by atoms with Crippen molar-refractivity contribution in [3.8, 4) is 0 Å². The topological polar surface area (TPSA) is 24.4 Å². The van der Waals surface area contributed by atoms with Gasteiger partial charge in [0.1, 0.15) is 0 Å². The third kappa shape index (κ3) is 3.31. The lowest BCUT2D eigenvalue weighted by atomic mass is 9.98. The normalized spacial score (nSPS) is 14.3. The molecule has 4 rings (SSSR count). The predicted octanol–water partition coefficient (Wildman–Crippen LogP) is 6.41. The maximum absolute atomic E-state index is 4.47. The molecule has 0 unspecified atom stereocenters. The Balaban J connectivity index is 1.55. The first-order valence-electron chi connectivity index (χ1n) is 8.95. The molecule has 0 aromatic heterocycles. The van der Waals surface area contributed by atoms with Crippen molar-refractivity contribution < 1.29 is 0 Å². The molecule has 0 atom stereocenters. The van der Waals surface area contributed by atoms with Crippen molar-refractivity contribution in [2.75, 3.05) is 5.43 Å². The highest BCUT2D eigenvalue weighted by molar-refractivity contribution is 5.91. The summed E-state index contributed by atoms with van der Waals surface area (Å²) >= 11 is 0. The summed E-state index contributed by atoms with van der Waals surface area (Å²) in [6.07, 6.45) is 5.22. The second-order valence-corrected chi connectivity index (χ2v) is 6.83. The summed E-state index contributed by atoms with van der Waals surface area (Å²) < 4.78 is 0.